The fraction of sp³-hybridized carbons (Fsp3) is 0.538. The van der Waals surface area contributed by atoms with Gasteiger partial charge in [0.05, 0.1) is 6.61 Å². The van der Waals surface area contributed by atoms with Gasteiger partial charge in [0, 0.05) is 11.6 Å². The highest BCUT2D eigenvalue weighted by Crippen LogP contribution is 2.45. The van der Waals surface area contributed by atoms with Gasteiger partial charge in [-0.05, 0) is 43.2 Å². The molecule has 2 aliphatic rings. The molecule has 1 aliphatic carbocycles. The van der Waals surface area contributed by atoms with Crippen molar-refractivity contribution in [2.24, 2.45) is 5.73 Å². The summed E-state index contributed by atoms with van der Waals surface area (Å²) in [5.41, 5.74) is 7.33. The highest BCUT2D eigenvalue weighted by atomic mass is 19.1. The first-order valence-electron chi connectivity index (χ1n) is 5.87. The molecule has 0 amide bonds. The van der Waals surface area contributed by atoms with E-state index >= 15 is 0 Å². The lowest BCUT2D eigenvalue weighted by Crippen LogP contribution is -2.27. The normalized spacial score (nSPS) is 25.8. The fourth-order valence-electron chi connectivity index (χ4n) is 2.50. The molecular formula is C13H16FNO. The summed E-state index contributed by atoms with van der Waals surface area (Å²) in [5.74, 6) is 0.922. The molecule has 0 spiro atoms. The third-order valence-corrected chi connectivity index (χ3v) is 3.68. The molecular weight excluding hydrogens is 205 g/mol. The van der Waals surface area contributed by atoms with Crippen LogP contribution in [-0.4, -0.2) is 12.1 Å². The van der Waals surface area contributed by atoms with Crippen molar-refractivity contribution in [3.8, 4) is 5.75 Å². The van der Waals surface area contributed by atoms with Gasteiger partial charge in [0.25, 0.3) is 0 Å². The van der Waals surface area contributed by atoms with E-state index in [-0.39, 0.29) is 11.4 Å². The molecule has 0 saturated heterocycles. The molecule has 3 rings (SSSR count). The summed E-state index contributed by atoms with van der Waals surface area (Å²) in [5, 5.41) is 0. The molecule has 1 aliphatic heterocycles. The predicted octanol–water partition coefficient (Wildman–Crippen LogP) is 2.57. The van der Waals surface area contributed by atoms with Crippen molar-refractivity contribution in [3.05, 3.63) is 29.6 Å². The first-order chi connectivity index (χ1) is 7.66. The molecule has 86 valence electrons. The molecule has 0 bridgehead atoms. The van der Waals surface area contributed by atoms with Crippen molar-refractivity contribution in [2.45, 2.75) is 37.1 Å². The molecule has 0 aromatic heterocycles. The lowest BCUT2D eigenvalue weighted by atomic mass is 9.87. The van der Waals surface area contributed by atoms with Crippen molar-refractivity contribution < 1.29 is 9.13 Å². The maximum Gasteiger partial charge on any atom is 0.126 e. The molecule has 1 unspecified atom stereocenters. The van der Waals surface area contributed by atoms with E-state index in [0.29, 0.717) is 18.3 Å². The van der Waals surface area contributed by atoms with E-state index in [1.54, 1.807) is 0 Å². The smallest absolute Gasteiger partial charge is 0.126 e. The summed E-state index contributed by atoms with van der Waals surface area (Å²) < 4.78 is 18.6. The number of halogens is 1. The van der Waals surface area contributed by atoms with E-state index < -0.39 is 0 Å². The second kappa shape index (κ2) is 3.45. The first kappa shape index (κ1) is 10.1. The van der Waals surface area contributed by atoms with Crippen molar-refractivity contribution >= 4 is 0 Å². The summed E-state index contributed by atoms with van der Waals surface area (Å²) in [6.45, 7) is 0.678. The van der Waals surface area contributed by atoms with Crippen LogP contribution < -0.4 is 10.5 Å². The van der Waals surface area contributed by atoms with Crippen LogP contribution >= 0.6 is 0 Å². The largest absolute Gasteiger partial charge is 0.493 e. The predicted molar refractivity (Wildman–Crippen MR) is 60.0 cm³/mol. The third-order valence-electron chi connectivity index (χ3n) is 3.68. The molecule has 1 saturated carbocycles. The Balaban J connectivity index is 1.87. The van der Waals surface area contributed by atoms with Gasteiger partial charge in [-0.15, -0.1) is 0 Å². The van der Waals surface area contributed by atoms with Gasteiger partial charge in [-0.2, -0.15) is 0 Å². The molecule has 2 N–H and O–H groups in total. The Bertz CT molecular complexity index is 414. The van der Waals surface area contributed by atoms with Crippen LogP contribution in [0.5, 0.6) is 5.75 Å². The van der Waals surface area contributed by atoms with Gasteiger partial charge in [-0.1, -0.05) is 6.07 Å². The summed E-state index contributed by atoms with van der Waals surface area (Å²) in [7, 11) is 0. The Hall–Kier alpha value is -1.09. The zero-order chi connectivity index (χ0) is 11.2. The van der Waals surface area contributed by atoms with Gasteiger partial charge in [0.2, 0.25) is 0 Å². The van der Waals surface area contributed by atoms with Crippen LogP contribution in [0.15, 0.2) is 18.2 Å². The van der Waals surface area contributed by atoms with E-state index in [9.17, 15) is 4.39 Å². The number of nitrogens with two attached hydrogens (primary N) is 1. The molecule has 16 heavy (non-hydrogen) atoms. The summed E-state index contributed by atoms with van der Waals surface area (Å²) in [4.78, 5) is 0. The number of rotatable bonds is 2. The average molecular weight is 221 g/mol. The van der Waals surface area contributed by atoms with Gasteiger partial charge in [0.15, 0.2) is 0 Å². The van der Waals surface area contributed by atoms with E-state index in [1.165, 1.54) is 12.1 Å². The van der Waals surface area contributed by atoms with Gasteiger partial charge in [-0.3, -0.25) is 0 Å². The lowest BCUT2D eigenvalue weighted by Gasteiger charge is -2.27. The van der Waals surface area contributed by atoms with Crippen LogP contribution in [0.3, 0.4) is 0 Å². The van der Waals surface area contributed by atoms with Gasteiger partial charge < -0.3 is 10.5 Å². The Morgan fingerprint density at radius 2 is 2.25 bits per heavy atom. The molecule has 1 aromatic carbocycles. The number of fused-ring (bicyclic) bond motifs is 1. The van der Waals surface area contributed by atoms with Crippen molar-refractivity contribution in [1.82, 2.24) is 0 Å². The van der Waals surface area contributed by atoms with Crippen LogP contribution in [0.25, 0.3) is 0 Å². The molecule has 1 heterocycles. The van der Waals surface area contributed by atoms with E-state index in [4.69, 9.17) is 10.5 Å². The minimum Gasteiger partial charge on any atom is -0.493 e. The maximum atomic E-state index is 13.1. The quantitative estimate of drug-likeness (QED) is 0.833. The molecule has 3 heteroatoms. The van der Waals surface area contributed by atoms with E-state index in [0.717, 1.165) is 31.2 Å². The minimum absolute atomic E-state index is 0.0493. The van der Waals surface area contributed by atoms with Crippen LogP contribution in [0.1, 0.15) is 37.2 Å². The van der Waals surface area contributed by atoms with E-state index in [2.05, 4.69) is 0 Å². The lowest BCUT2D eigenvalue weighted by molar-refractivity contribution is 0.256. The molecule has 2 nitrogen and oxygen atoms in total. The molecule has 0 radical (unpaired) electrons. The highest BCUT2D eigenvalue weighted by Gasteiger charge is 2.41. The average Bonchev–Trinajstić information content (AvgIpc) is 2.96. The topological polar surface area (TPSA) is 35.2 Å². The minimum atomic E-state index is -0.228. The number of ether oxygens (including phenoxy) is 1. The zero-order valence-corrected chi connectivity index (χ0v) is 9.21. The van der Waals surface area contributed by atoms with Crippen molar-refractivity contribution in [3.63, 3.8) is 0 Å². The summed E-state index contributed by atoms with van der Waals surface area (Å²) in [6, 6.07) is 4.84. The second-order valence-electron chi connectivity index (χ2n) is 5.08. The van der Waals surface area contributed by atoms with Crippen LogP contribution in [0.4, 0.5) is 4.39 Å². The molecule has 1 atom stereocenters. The second-order valence-corrected chi connectivity index (χ2v) is 5.08. The van der Waals surface area contributed by atoms with Gasteiger partial charge in [0.1, 0.15) is 11.6 Å². The van der Waals surface area contributed by atoms with Crippen molar-refractivity contribution in [2.75, 3.05) is 6.61 Å². The van der Waals surface area contributed by atoms with Crippen LogP contribution in [0.2, 0.25) is 0 Å². The van der Waals surface area contributed by atoms with Crippen molar-refractivity contribution in [1.29, 1.82) is 0 Å². The first-order valence-corrected chi connectivity index (χ1v) is 5.87. The Morgan fingerprint density at radius 3 is 3.00 bits per heavy atom. The number of hydrogen-bond acceptors (Lipinski definition) is 2. The van der Waals surface area contributed by atoms with Crippen LogP contribution in [0, 0.1) is 5.82 Å². The number of hydrogen-bond donors (Lipinski definition) is 1. The Morgan fingerprint density at radius 1 is 1.44 bits per heavy atom. The SMILES string of the molecule is NC1(CC2CCOc3cc(F)ccc32)CC1. The Labute approximate surface area is 94.6 Å². The monoisotopic (exact) mass is 221 g/mol. The molecule has 1 fully saturated rings. The van der Waals surface area contributed by atoms with Crippen LogP contribution in [-0.2, 0) is 0 Å². The molecule has 1 aromatic rings. The number of benzene rings is 1. The highest BCUT2D eigenvalue weighted by molar-refractivity contribution is 5.38. The standard InChI is InChI=1S/C13H16FNO/c14-10-1-2-11-9(8-13(15)4-5-13)3-6-16-12(11)7-10/h1-2,7,9H,3-6,8,15H2. The zero-order valence-electron chi connectivity index (χ0n) is 9.21. The summed E-state index contributed by atoms with van der Waals surface area (Å²) >= 11 is 0. The fourth-order valence-corrected chi connectivity index (χ4v) is 2.50. The Kier molecular flexibility index (Phi) is 2.18. The summed E-state index contributed by atoms with van der Waals surface area (Å²) in [6.07, 6.45) is 4.26. The third kappa shape index (κ3) is 1.80. The van der Waals surface area contributed by atoms with E-state index in [1.807, 2.05) is 6.07 Å². The van der Waals surface area contributed by atoms with Gasteiger partial charge >= 0.3 is 0 Å². The van der Waals surface area contributed by atoms with Gasteiger partial charge in [-0.25, -0.2) is 4.39 Å². The maximum absolute atomic E-state index is 13.1.